The Balaban J connectivity index is 2.05. The molecule has 0 aromatic carbocycles. The molecular formula is C17H36N4. The van der Waals surface area contributed by atoms with E-state index in [2.05, 4.69) is 42.8 Å². The molecule has 0 aromatic heterocycles. The fraction of sp³-hybridized carbons (Fsp3) is 1.00. The van der Waals surface area contributed by atoms with Gasteiger partial charge in [-0.2, -0.15) is 0 Å². The van der Waals surface area contributed by atoms with Crippen molar-refractivity contribution in [1.82, 2.24) is 14.7 Å². The summed E-state index contributed by atoms with van der Waals surface area (Å²) in [6.07, 6.45) is 7.81. The van der Waals surface area contributed by atoms with Crippen LogP contribution in [-0.4, -0.2) is 79.6 Å². The lowest BCUT2D eigenvalue weighted by molar-refractivity contribution is -0.0120. The molecule has 1 saturated heterocycles. The summed E-state index contributed by atoms with van der Waals surface area (Å²) in [6.45, 7) is 7.85. The molecule has 21 heavy (non-hydrogen) atoms. The maximum Gasteiger partial charge on any atom is 0.0342 e. The van der Waals surface area contributed by atoms with E-state index in [-0.39, 0.29) is 5.54 Å². The summed E-state index contributed by atoms with van der Waals surface area (Å²) in [7, 11) is 6.81. The molecule has 0 amide bonds. The second-order valence-corrected chi connectivity index (χ2v) is 7.54. The van der Waals surface area contributed by atoms with E-state index < -0.39 is 0 Å². The van der Waals surface area contributed by atoms with Crippen molar-refractivity contribution >= 4 is 0 Å². The number of hydrogen-bond donors (Lipinski definition) is 1. The van der Waals surface area contributed by atoms with Crippen molar-refractivity contribution in [3.63, 3.8) is 0 Å². The molecule has 1 atom stereocenters. The van der Waals surface area contributed by atoms with Crippen LogP contribution >= 0.6 is 0 Å². The Bertz CT molecular complexity index is 327. The van der Waals surface area contributed by atoms with Gasteiger partial charge in [0.05, 0.1) is 0 Å². The van der Waals surface area contributed by atoms with Crippen LogP contribution in [0, 0.1) is 0 Å². The monoisotopic (exact) mass is 296 g/mol. The molecule has 2 aliphatic rings. The molecule has 1 aliphatic heterocycles. The quantitative estimate of drug-likeness (QED) is 0.808. The van der Waals surface area contributed by atoms with Crippen LogP contribution in [0.1, 0.15) is 45.4 Å². The Labute approximate surface area is 131 Å². The first-order valence-electron chi connectivity index (χ1n) is 8.79. The summed E-state index contributed by atoms with van der Waals surface area (Å²) >= 11 is 0. The van der Waals surface area contributed by atoms with Gasteiger partial charge in [-0.05, 0) is 79.3 Å². The minimum Gasteiger partial charge on any atom is -0.329 e. The third-order valence-corrected chi connectivity index (χ3v) is 6.41. The second kappa shape index (κ2) is 6.95. The van der Waals surface area contributed by atoms with Gasteiger partial charge in [-0.25, -0.2) is 0 Å². The molecule has 0 bridgehead atoms. The molecule has 1 unspecified atom stereocenters. The molecule has 4 nitrogen and oxygen atoms in total. The van der Waals surface area contributed by atoms with Crippen molar-refractivity contribution in [3.05, 3.63) is 0 Å². The number of hydrogen-bond acceptors (Lipinski definition) is 4. The lowest BCUT2D eigenvalue weighted by atomic mass is 9.74. The number of nitrogens with zero attached hydrogens (tertiary/aromatic N) is 3. The molecule has 2 N–H and O–H groups in total. The lowest BCUT2D eigenvalue weighted by Crippen LogP contribution is -2.62. The zero-order chi connectivity index (χ0) is 15.5. The third-order valence-electron chi connectivity index (χ3n) is 6.41. The van der Waals surface area contributed by atoms with Crippen LogP contribution in [0.2, 0.25) is 0 Å². The van der Waals surface area contributed by atoms with Crippen molar-refractivity contribution in [2.45, 2.75) is 56.5 Å². The van der Waals surface area contributed by atoms with E-state index in [0.29, 0.717) is 5.54 Å². The molecule has 2 fully saturated rings. The van der Waals surface area contributed by atoms with Crippen molar-refractivity contribution in [1.29, 1.82) is 0 Å². The molecule has 1 saturated carbocycles. The van der Waals surface area contributed by atoms with Gasteiger partial charge in [-0.3, -0.25) is 4.90 Å². The predicted octanol–water partition coefficient (Wildman–Crippen LogP) is 1.61. The van der Waals surface area contributed by atoms with Crippen LogP contribution in [0.5, 0.6) is 0 Å². The van der Waals surface area contributed by atoms with E-state index in [4.69, 9.17) is 5.73 Å². The summed E-state index contributed by atoms with van der Waals surface area (Å²) in [5, 5.41) is 0. The summed E-state index contributed by atoms with van der Waals surface area (Å²) < 4.78 is 0. The van der Waals surface area contributed by atoms with Crippen molar-refractivity contribution in [3.8, 4) is 0 Å². The maximum atomic E-state index is 6.28. The van der Waals surface area contributed by atoms with E-state index in [0.717, 1.165) is 6.54 Å². The number of likely N-dealkylation sites (tertiary alicyclic amines) is 1. The predicted molar refractivity (Wildman–Crippen MR) is 90.6 cm³/mol. The van der Waals surface area contributed by atoms with Crippen molar-refractivity contribution < 1.29 is 0 Å². The van der Waals surface area contributed by atoms with Gasteiger partial charge < -0.3 is 15.5 Å². The van der Waals surface area contributed by atoms with Gasteiger partial charge in [0.25, 0.3) is 0 Å². The minimum absolute atomic E-state index is 0.211. The smallest absolute Gasteiger partial charge is 0.0342 e. The van der Waals surface area contributed by atoms with Crippen LogP contribution in [0.15, 0.2) is 0 Å². The van der Waals surface area contributed by atoms with Gasteiger partial charge in [-0.15, -0.1) is 0 Å². The average molecular weight is 297 g/mol. The number of rotatable bonds is 6. The number of nitrogens with two attached hydrogens (primary N) is 1. The van der Waals surface area contributed by atoms with E-state index in [1.165, 1.54) is 64.7 Å². The van der Waals surface area contributed by atoms with Crippen molar-refractivity contribution in [2.24, 2.45) is 5.73 Å². The molecule has 0 radical (unpaired) electrons. The highest BCUT2D eigenvalue weighted by Crippen LogP contribution is 2.39. The first kappa shape index (κ1) is 17.2. The summed E-state index contributed by atoms with van der Waals surface area (Å²) in [6, 6.07) is 0. The Morgan fingerprint density at radius 1 is 0.952 bits per heavy atom. The van der Waals surface area contributed by atoms with Crippen LogP contribution in [0.4, 0.5) is 0 Å². The van der Waals surface area contributed by atoms with Gasteiger partial charge in [0.15, 0.2) is 0 Å². The summed E-state index contributed by atoms with van der Waals surface area (Å²) in [4.78, 5) is 7.65. The molecule has 1 heterocycles. The van der Waals surface area contributed by atoms with Crippen LogP contribution < -0.4 is 5.73 Å². The van der Waals surface area contributed by atoms with E-state index in [1.54, 1.807) is 0 Å². The third kappa shape index (κ3) is 3.44. The normalized spacial score (nSPS) is 30.4. The average Bonchev–Trinajstić information content (AvgIpc) is 2.65. The zero-order valence-electron chi connectivity index (χ0n) is 14.7. The molecule has 124 valence electrons. The molecule has 0 spiro atoms. The molecule has 2 rings (SSSR count). The highest BCUT2D eigenvalue weighted by Gasteiger charge is 2.44. The largest absolute Gasteiger partial charge is 0.329 e. The van der Waals surface area contributed by atoms with Gasteiger partial charge in [0.2, 0.25) is 0 Å². The van der Waals surface area contributed by atoms with Crippen molar-refractivity contribution in [2.75, 3.05) is 53.9 Å². The topological polar surface area (TPSA) is 35.7 Å². The van der Waals surface area contributed by atoms with Gasteiger partial charge in [0.1, 0.15) is 0 Å². The Kier molecular flexibility index (Phi) is 5.69. The highest BCUT2D eigenvalue weighted by molar-refractivity contribution is 5.02. The van der Waals surface area contributed by atoms with E-state index >= 15 is 0 Å². The fourth-order valence-corrected chi connectivity index (χ4v) is 4.23. The Morgan fingerprint density at radius 3 is 2.10 bits per heavy atom. The standard InChI is InChI=1S/C17H36N4/c1-5-21-12-7-10-16(14-18,11-13-21)20(4)15-17(19(2)3)8-6-9-17/h5-15,18H2,1-4H3. The molecular weight excluding hydrogens is 260 g/mol. The summed E-state index contributed by atoms with van der Waals surface area (Å²) in [5.74, 6) is 0. The minimum atomic E-state index is 0.211. The van der Waals surface area contributed by atoms with Gasteiger partial charge in [0, 0.05) is 24.2 Å². The number of likely N-dealkylation sites (N-methyl/N-ethyl adjacent to an activating group) is 2. The Morgan fingerprint density at radius 2 is 1.62 bits per heavy atom. The van der Waals surface area contributed by atoms with E-state index in [1.807, 2.05) is 0 Å². The van der Waals surface area contributed by atoms with E-state index in [9.17, 15) is 0 Å². The highest BCUT2D eigenvalue weighted by atomic mass is 15.3. The maximum absolute atomic E-state index is 6.28. The first-order valence-corrected chi connectivity index (χ1v) is 8.79. The van der Waals surface area contributed by atoms with Gasteiger partial charge >= 0.3 is 0 Å². The first-order chi connectivity index (χ1) is 9.98. The lowest BCUT2D eigenvalue weighted by Gasteiger charge is -2.53. The SMILES string of the molecule is CCN1CCCC(CN)(N(C)CC2(N(C)C)CCC2)CC1. The molecule has 0 aromatic rings. The van der Waals surface area contributed by atoms with Gasteiger partial charge in [-0.1, -0.05) is 6.92 Å². The van der Waals surface area contributed by atoms with Crippen LogP contribution in [0.3, 0.4) is 0 Å². The van der Waals surface area contributed by atoms with Crippen LogP contribution in [-0.2, 0) is 0 Å². The Hall–Kier alpha value is -0.160. The zero-order valence-corrected chi connectivity index (χ0v) is 14.7. The summed E-state index contributed by atoms with van der Waals surface area (Å²) in [5.41, 5.74) is 6.88. The molecule has 1 aliphatic carbocycles. The molecule has 4 heteroatoms. The van der Waals surface area contributed by atoms with Crippen LogP contribution in [0.25, 0.3) is 0 Å². The second-order valence-electron chi connectivity index (χ2n) is 7.54. The fourth-order valence-electron chi connectivity index (χ4n) is 4.23.